The third-order valence-corrected chi connectivity index (χ3v) is 3.84. The summed E-state index contributed by atoms with van der Waals surface area (Å²) in [6, 6.07) is 0. The van der Waals surface area contributed by atoms with E-state index in [0.29, 0.717) is 12.8 Å². The summed E-state index contributed by atoms with van der Waals surface area (Å²) in [7, 11) is 0. The van der Waals surface area contributed by atoms with E-state index in [0.717, 1.165) is 24.6 Å². The molecule has 0 bridgehead atoms. The van der Waals surface area contributed by atoms with Crippen molar-refractivity contribution >= 4 is 23.6 Å². The van der Waals surface area contributed by atoms with Gasteiger partial charge in [0.15, 0.2) is 6.10 Å². The number of hydrogen-bond donors (Lipinski definition) is 1. The summed E-state index contributed by atoms with van der Waals surface area (Å²) in [5.41, 5.74) is 0. The van der Waals surface area contributed by atoms with E-state index in [4.69, 9.17) is 9.84 Å². The van der Waals surface area contributed by atoms with Gasteiger partial charge in [0.1, 0.15) is 6.10 Å². The topological polar surface area (TPSA) is 66.8 Å². The Morgan fingerprint density at radius 2 is 1.81 bits per heavy atom. The highest BCUT2D eigenvalue weighted by Crippen LogP contribution is 2.22. The Morgan fingerprint density at radius 3 is 2.38 bits per heavy atom. The maximum absolute atomic E-state index is 12.0. The summed E-state index contributed by atoms with van der Waals surface area (Å²) in [6.45, 7) is 1.50. The van der Waals surface area contributed by atoms with Crippen LogP contribution in [0.15, 0.2) is 0 Å². The van der Waals surface area contributed by atoms with Gasteiger partial charge in [-0.15, -0.1) is 0 Å². The molecule has 0 radical (unpaired) electrons. The molecule has 2 unspecified atom stereocenters. The molecule has 2 saturated heterocycles. The van der Waals surface area contributed by atoms with Crippen LogP contribution in [0.5, 0.6) is 0 Å². The molecule has 0 aliphatic carbocycles. The fraction of sp³-hybridized carbons (Fsp3) is 0.800. The van der Waals surface area contributed by atoms with Gasteiger partial charge in [-0.3, -0.25) is 4.79 Å². The standard InChI is InChI=1S/C10H15NO4S/c12-9(11-3-5-16-6-4-11)7-1-2-8(15-7)10(13)14/h7-8H,1-6H2,(H,13,14). The molecule has 2 aliphatic heterocycles. The van der Waals surface area contributed by atoms with Crippen molar-refractivity contribution in [2.45, 2.75) is 25.0 Å². The maximum Gasteiger partial charge on any atom is 0.332 e. The lowest BCUT2D eigenvalue weighted by Gasteiger charge is -2.28. The number of carboxylic acid groups (broad SMARTS) is 1. The minimum atomic E-state index is -0.968. The first-order valence-corrected chi connectivity index (χ1v) is 6.59. The highest BCUT2D eigenvalue weighted by Gasteiger charge is 2.36. The van der Waals surface area contributed by atoms with Gasteiger partial charge in [-0.2, -0.15) is 11.8 Å². The number of aliphatic carboxylic acids is 1. The van der Waals surface area contributed by atoms with Gasteiger partial charge in [0.05, 0.1) is 0 Å². The predicted molar refractivity (Wildman–Crippen MR) is 59.4 cm³/mol. The molecule has 2 fully saturated rings. The summed E-state index contributed by atoms with van der Waals surface area (Å²) in [5.74, 6) is 0.912. The number of amides is 1. The summed E-state index contributed by atoms with van der Waals surface area (Å²) in [6.07, 6.45) is -0.370. The fourth-order valence-electron chi connectivity index (χ4n) is 1.99. The lowest BCUT2D eigenvalue weighted by Crippen LogP contribution is -2.44. The Kier molecular flexibility index (Phi) is 3.70. The normalized spacial score (nSPS) is 30.4. The van der Waals surface area contributed by atoms with Crippen LogP contribution in [-0.2, 0) is 14.3 Å². The van der Waals surface area contributed by atoms with Gasteiger partial charge in [-0.1, -0.05) is 0 Å². The Labute approximate surface area is 98.1 Å². The largest absolute Gasteiger partial charge is 0.479 e. The molecule has 2 heterocycles. The minimum absolute atomic E-state index is 0.0379. The van der Waals surface area contributed by atoms with Gasteiger partial charge in [-0.05, 0) is 12.8 Å². The predicted octanol–water partition coefficient (Wildman–Crippen LogP) is 0.194. The van der Waals surface area contributed by atoms with E-state index < -0.39 is 18.2 Å². The van der Waals surface area contributed by atoms with Crippen molar-refractivity contribution in [1.82, 2.24) is 4.90 Å². The van der Waals surface area contributed by atoms with Crippen LogP contribution in [0, 0.1) is 0 Å². The second-order valence-electron chi connectivity index (χ2n) is 3.97. The Balaban J connectivity index is 1.88. The van der Waals surface area contributed by atoms with Crippen LogP contribution in [0.3, 0.4) is 0 Å². The number of thioether (sulfide) groups is 1. The first-order valence-electron chi connectivity index (χ1n) is 5.43. The van der Waals surface area contributed by atoms with E-state index >= 15 is 0 Å². The second-order valence-corrected chi connectivity index (χ2v) is 5.19. The highest BCUT2D eigenvalue weighted by molar-refractivity contribution is 7.99. The number of rotatable bonds is 2. The smallest absolute Gasteiger partial charge is 0.332 e. The number of nitrogens with zero attached hydrogens (tertiary/aromatic N) is 1. The Hall–Kier alpha value is -0.750. The van der Waals surface area contributed by atoms with Crippen molar-refractivity contribution in [3.05, 3.63) is 0 Å². The summed E-state index contributed by atoms with van der Waals surface area (Å²) >= 11 is 1.84. The summed E-state index contributed by atoms with van der Waals surface area (Å²) in [5, 5.41) is 8.77. The zero-order chi connectivity index (χ0) is 11.5. The molecule has 2 aliphatic rings. The molecule has 2 rings (SSSR count). The Bertz CT molecular complexity index is 291. The van der Waals surface area contributed by atoms with Crippen LogP contribution < -0.4 is 0 Å². The molecule has 1 amide bonds. The van der Waals surface area contributed by atoms with Gasteiger partial charge in [0.25, 0.3) is 5.91 Å². The molecule has 16 heavy (non-hydrogen) atoms. The van der Waals surface area contributed by atoms with Gasteiger partial charge >= 0.3 is 5.97 Å². The summed E-state index contributed by atoms with van der Waals surface area (Å²) in [4.78, 5) is 24.4. The van der Waals surface area contributed by atoms with Crippen LogP contribution in [0.2, 0.25) is 0 Å². The van der Waals surface area contributed by atoms with E-state index in [1.54, 1.807) is 4.90 Å². The number of ether oxygens (including phenoxy) is 1. The van der Waals surface area contributed by atoms with E-state index in [2.05, 4.69) is 0 Å². The molecule has 1 N–H and O–H groups in total. The lowest BCUT2D eigenvalue weighted by molar-refractivity contribution is -0.154. The van der Waals surface area contributed by atoms with Crippen molar-refractivity contribution in [1.29, 1.82) is 0 Å². The molecule has 90 valence electrons. The van der Waals surface area contributed by atoms with Gasteiger partial charge in [0, 0.05) is 24.6 Å². The molecular formula is C10H15NO4S. The first kappa shape index (κ1) is 11.7. The zero-order valence-electron chi connectivity index (χ0n) is 8.92. The van der Waals surface area contributed by atoms with Gasteiger partial charge in [-0.25, -0.2) is 4.79 Å². The van der Waals surface area contributed by atoms with Crippen molar-refractivity contribution in [2.75, 3.05) is 24.6 Å². The van der Waals surface area contributed by atoms with Crippen molar-refractivity contribution in [2.24, 2.45) is 0 Å². The molecule has 5 nitrogen and oxygen atoms in total. The first-order chi connectivity index (χ1) is 7.68. The van der Waals surface area contributed by atoms with Gasteiger partial charge in [0.2, 0.25) is 0 Å². The average molecular weight is 245 g/mol. The van der Waals surface area contributed by atoms with Gasteiger partial charge < -0.3 is 14.7 Å². The monoisotopic (exact) mass is 245 g/mol. The highest BCUT2D eigenvalue weighted by atomic mass is 32.2. The van der Waals surface area contributed by atoms with E-state index in [1.165, 1.54) is 0 Å². The van der Waals surface area contributed by atoms with Crippen LogP contribution in [0.1, 0.15) is 12.8 Å². The van der Waals surface area contributed by atoms with E-state index in [-0.39, 0.29) is 5.91 Å². The third kappa shape index (κ3) is 2.49. The van der Waals surface area contributed by atoms with Crippen LogP contribution >= 0.6 is 11.8 Å². The average Bonchev–Trinajstić information content (AvgIpc) is 2.78. The molecule has 0 saturated carbocycles. The number of carboxylic acids is 1. The van der Waals surface area contributed by atoms with Crippen molar-refractivity contribution in [3.63, 3.8) is 0 Å². The fourth-order valence-corrected chi connectivity index (χ4v) is 2.89. The van der Waals surface area contributed by atoms with E-state index in [1.807, 2.05) is 11.8 Å². The van der Waals surface area contributed by atoms with E-state index in [9.17, 15) is 9.59 Å². The number of carbonyl (C=O) groups is 2. The molecule has 0 aromatic carbocycles. The molecule has 6 heteroatoms. The van der Waals surface area contributed by atoms with Crippen molar-refractivity contribution < 1.29 is 19.4 Å². The summed E-state index contributed by atoms with van der Waals surface area (Å²) < 4.78 is 5.24. The molecule has 0 aromatic heterocycles. The molecule has 0 aromatic rings. The van der Waals surface area contributed by atoms with Crippen molar-refractivity contribution in [3.8, 4) is 0 Å². The lowest BCUT2D eigenvalue weighted by atomic mass is 10.2. The van der Waals surface area contributed by atoms with Crippen LogP contribution in [-0.4, -0.2) is 58.7 Å². The molecule has 0 spiro atoms. The molecule has 2 atom stereocenters. The maximum atomic E-state index is 12.0. The van der Waals surface area contributed by atoms with Crippen LogP contribution in [0.25, 0.3) is 0 Å². The number of carbonyl (C=O) groups excluding carboxylic acids is 1. The Morgan fingerprint density at radius 1 is 1.19 bits per heavy atom. The molecular weight excluding hydrogens is 230 g/mol. The second kappa shape index (κ2) is 5.05. The minimum Gasteiger partial charge on any atom is -0.479 e. The third-order valence-electron chi connectivity index (χ3n) is 2.89. The quantitative estimate of drug-likeness (QED) is 0.752. The van der Waals surface area contributed by atoms with Crippen LogP contribution in [0.4, 0.5) is 0 Å². The number of hydrogen-bond acceptors (Lipinski definition) is 4. The SMILES string of the molecule is O=C(O)C1CCC(C(=O)N2CCSCC2)O1. The zero-order valence-corrected chi connectivity index (χ0v) is 9.74.